The van der Waals surface area contributed by atoms with Gasteiger partial charge in [0, 0.05) is 27.7 Å². The number of aliphatic hydroxyl groups excluding tert-OH is 1. The van der Waals surface area contributed by atoms with Gasteiger partial charge in [-0.1, -0.05) is 0 Å². The molecule has 6 nitrogen and oxygen atoms in total. The van der Waals surface area contributed by atoms with Crippen LogP contribution in [0.5, 0.6) is 0 Å². The van der Waals surface area contributed by atoms with Crippen LogP contribution in [0.25, 0.3) is 0 Å². The van der Waals surface area contributed by atoms with E-state index in [1.165, 1.54) is 6.20 Å². The molecular weight excluding hydrogens is 352 g/mol. The molecular formula is C12H10BrF2N3O3. The molecule has 0 spiro atoms. The number of anilines is 1. The fourth-order valence-electron chi connectivity index (χ4n) is 1.95. The summed E-state index contributed by atoms with van der Waals surface area (Å²) in [6, 6.07) is 0. The zero-order valence-electron chi connectivity index (χ0n) is 10.5. The van der Waals surface area contributed by atoms with Crippen molar-refractivity contribution in [2.24, 2.45) is 0 Å². The van der Waals surface area contributed by atoms with Gasteiger partial charge in [-0.2, -0.15) is 4.98 Å². The first-order valence-corrected chi connectivity index (χ1v) is 6.53. The minimum Gasteiger partial charge on any atom is -0.393 e. The van der Waals surface area contributed by atoms with Crippen LogP contribution in [0.3, 0.4) is 0 Å². The summed E-state index contributed by atoms with van der Waals surface area (Å²) in [7, 11) is 0. The number of nitrogens with two attached hydrogens (primary N) is 1. The van der Waals surface area contributed by atoms with E-state index in [1.54, 1.807) is 0 Å². The number of hydrogen-bond donors (Lipinski definition) is 2. The number of alkyl halides is 1. The zero-order valence-corrected chi connectivity index (χ0v) is 12.0. The minimum atomic E-state index is -1.93. The molecule has 3 unspecified atom stereocenters. The molecule has 3 N–H and O–H groups in total. The van der Waals surface area contributed by atoms with Crippen LogP contribution >= 0.6 is 15.9 Å². The average molecular weight is 362 g/mol. The first-order chi connectivity index (χ1) is 10.0. The molecule has 0 bridgehead atoms. The second-order valence-corrected chi connectivity index (χ2v) is 4.55. The fraction of sp³-hybridized carbons (Fsp3) is 0.333. The van der Waals surface area contributed by atoms with Crippen LogP contribution in [0.2, 0.25) is 0 Å². The second kappa shape index (κ2) is 6.34. The van der Waals surface area contributed by atoms with Crippen molar-refractivity contribution in [1.82, 2.24) is 9.55 Å². The van der Waals surface area contributed by atoms with E-state index < -0.39 is 30.8 Å². The zero-order chi connectivity index (χ0) is 15.6. The first kappa shape index (κ1) is 15.6. The van der Waals surface area contributed by atoms with E-state index in [-0.39, 0.29) is 23.3 Å². The van der Waals surface area contributed by atoms with Gasteiger partial charge >= 0.3 is 5.69 Å². The van der Waals surface area contributed by atoms with Crippen LogP contribution < -0.4 is 11.4 Å². The van der Waals surface area contributed by atoms with Crippen molar-refractivity contribution in [2.75, 3.05) is 12.3 Å². The normalized spacial score (nSPS) is 26.7. The summed E-state index contributed by atoms with van der Waals surface area (Å²) in [4.78, 5) is 17.7. The molecule has 0 radical (unpaired) electrons. The van der Waals surface area contributed by atoms with Crippen LogP contribution in [0, 0.1) is 10.8 Å². The third-order valence-corrected chi connectivity index (χ3v) is 3.17. The summed E-state index contributed by atoms with van der Waals surface area (Å²) in [6.07, 6.45) is -3.34. The monoisotopic (exact) mass is 361 g/mol. The topological polar surface area (TPSA) is 90.4 Å². The molecule has 2 heterocycles. The Morgan fingerprint density at radius 2 is 2.38 bits per heavy atom. The van der Waals surface area contributed by atoms with Crippen molar-refractivity contribution in [1.29, 1.82) is 0 Å². The molecule has 1 saturated heterocycles. The highest BCUT2D eigenvalue weighted by atomic mass is 79.9. The maximum atomic E-state index is 14.2. The van der Waals surface area contributed by atoms with Gasteiger partial charge in [0.15, 0.2) is 12.4 Å². The number of aliphatic hydroxyl groups is 1. The average Bonchev–Trinajstić information content (AvgIpc) is 2.78. The summed E-state index contributed by atoms with van der Waals surface area (Å²) >= 11 is 2.87. The minimum absolute atomic E-state index is 0.0283. The molecule has 0 aromatic carbocycles. The molecule has 1 aliphatic heterocycles. The van der Waals surface area contributed by atoms with E-state index in [0.717, 1.165) is 4.57 Å². The van der Waals surface area contributed by atoms with Gasteiger partial charge in [0.25, 0.3) is 0 Å². The largest absolute Gasteiger partial charge is 0.393 e. The summed E-state index contributed by atoms with van der Waals surface area (Å²) in [5.41, 5.74) is 4.46. The second-order valence-electron chi connectivity index (χ2n) is 4.16. The Morgan fingerprint density at radius 1 is 1.67 bits per heavy atom. The van der Waals surface area contributed by atoms with Gasteiger partial charge < -0.3 is 15.6 Å². The molecule has 1 fully saturated rings. The van der Waals surface area contributed by atoms with Crippen molar-refractivity contribution < 1.29 is 18.6 Å². The van der Waals surface area contributed by atoms with Gasteiger partial charge in [-0.15, -0.1) is 0 Å². The number of rotatable bonds is 2. The van der Waals surface area contributed by atoms with E-state index in [1.807, 2.05) is 0 Å². The molecule has 21 heavy (non-hydrogen) atoms. The van der Waals surface area contributed by atoms with Crippen LogP contribution in [0.4, 0.5) is 14.6 Å². The lowest BCUT2D eigenvalue weighted by atomic mass is 10.1. The number of halogens is 3. The number of ether oxygens (including phenoxy) is 1. The van der Waals surface area contributed by atoms with Gasteiger partial charge in [0.05, 0.1) is 18.5 Å². The highest BCUT2D eigenvalue weighted by Crippen LogP contribution is 2.35. The van der Waals surface area contributed by atoms with Crippen molar-refractivity contribution >= 4 is 21.7 Å². The third kappa shape index (κ3) is 2.83. The molecule has 0 saturated carbocycles. The maximum absolute atomic E-state index is 14.2. The molecule has 9 heteroatoms. The molecule has 1 aromatic heterocycles. The molecule has 2 rings (SSSR count). The van der Waals surface area contributed by atoms with Crippen LogP contribution in [0.1, 0.15) is 11.8 Å². The molecule has 1 aliphatic rings. The van der Waals surface area contributed by atoms with E-state index in [9.17, 15) is 13.6 Å². The predicted molar refractivity (Wildman–Crippen MR) is 73.8 cm³/mol. The van der Waals surface area contributed by atoms with Gasteiger partial charge in [0.1, 0.15) is 11.9 Å². The maximum Gasteiger partial charge on any atom is 0.351 e. The first-order valence-electron chi connectivity index (χ1n) is 5.74. The number of nitrogen functional groups attached to an aromatic ring is 1. The van der Waals surface area contributed by atoms with Crippen LogP contribution in [-0.2, 0) is 4.74 Å². The van der Waals surface area contributed by atoms with E-state index in [2.05, 4.69) is 31.7 Å². The summed E-state index contributed by atoms with van der Waals surface area (Å²) < 4.78 is 32.8. The molecule has 0 aliphatic carbocycles. The third-order valence-electron chi connectivity index (χ3n) is 2.97. The van der Waals surface area contributed by atoms with Crippen molar-refractivity contribution in [3.63, 3.8) is 0 Å². The molecule has 0 amide bonds. The van der Waals surface area contributed by atoms with Crippen LogP contribution in [0.15, 0.2) is 22.9 Å². The molecule has 3 atom stereocenters. The van der Waals surface area contributed by atoms with Crippen molar-refractivity contribution in [3.05, 3.63) is 34.1 Å². The SMILES string of the molecule is Nc1nc(=O)n(C2OC(CO)C(=CF)C2F)cc1C#CBr. The number of hydrogen-bond acceptors (Lipinski definition) is 5. The highest BCUT2D eigenvalue weighted by molar-refractivity contribution is 9.12. The Hall–Kier alpha value is -1.76. The van der Waals surface area contributed by atoms with E-state index in [0.29, 0.717) is 0 Å². The highest BCUT2D eigenvalue weighted by Gasteiger charge is 2.42. The Morgan fingerprint density at radius 3 is 2.90 bits per heavy atom. The van der Waals surface area contributed by atoms with E-state index >= 15 is 0 Å². The standard InChI is InChI=1S/C12H10BrF2N3O3/c13-2-1-6-4-18(12(20)17-10(6)16)11-9(15)7(3-14)8(5-19)21-11/h3-4,8-9,11,19H,5H2,(H2,16,17,20). The Bertz CT molecular complexity index is 695. The van der Waals surface area contributed by atoms with Crippen molar-refractivity contribution in [3.8, 4) is 10.8 Å². The summed E-state index contributed by atoms with van der Waals surface area (Å²) in [5, 5.41) is 9.05. The van der Waals surface area contributed by atoms with Gasteiger partial charge in [-0.25, -0.2) is 13.6 Å². The lowest BCUT2D eigenvalue weighted by Gasteiger charge is -2.16. The number of aromatic nitrogens is 2. The van der Waals surface area contributed by atoms with Gasteiger partial charge in [0.2, 0.25) is 0 Å². The summed E-state index contributed by atoms with van der Waals surface area (Å²) in [5.74, 6) is 2.42. The van der Waals surface area contributed by atoms with Crippen molar-refractivity contribution in [2.45, 2.75) is 18.5 Å². The lowest BCUT2D eigenvalue weighted by Crippen LogP contribution is -2.31. The molecule has 112 valence electrons. The van der Waals surface area contributed by atoms with E-state index in [4.69, 9.17) is 15.6 Å². The fourth-order valence-corrected chi connectivity index (χ4v) is 2.17. The van der Waals surface area contributed by atoms with Gasteiger partial charge in [-0.05, 0) is 10.8 Å². The Labute approximate surface area is 126 Å². The summed E-state index contributed by atoms with van der Waals surface area (Å²) in [6.45, 7) is -0.613. The predicted octanol–water partition coefficient (Wildman–Crippen LogP) is 0.611. The Balaban J connectivity index is 2.49. The quantitative estimate of drug-likeness (QED) is 0.753. The number of nitrogens with zero attached hydrogens (tertiary/aromatic N) is 2. The van der Waals surface area contributed by atoms with Gasteiger partial charge in [-0.3, -0.25) is 4.57 Å². The molecule has 1 aromatic rings. The van der Waals surface area contributed by atoms with Crippen LogP contribution in [-0.4, -0.2) is 33.5 Å². The smallest absolute Gasteiger partial charge is 0.351 e. The Kier molecular flexibility index (Phi) is 4.72. The lowest BCUT2D eigenvalue weighted by molar-refractivity contribution is -0.0375.